The normalized spacial score (nSPS) is 25.7. The highest BCUT2D eigenvalue weighted by Gasteiger charge is 2.39. The van der Waals surface area contributed by atoms with Gasteiger partial charge in [-0.1, -0.05) is 0 Å². The first-order chi connectivity index (χ1) is 15.3. The Morgan fingerprint density at radius 1 is 1.22 bits per heavy atom. The van der Waals surface area contributed by atoms with Crippen molar-refractivity contribution in [3.8, 4) is 0 Å². The van der Waals surface area contributed by atoms with Gasteiger partial charge < -0.3 is 24.7 Å². The van der Waals surface area contributed by atoms with E-state index in [2.05, 4.69) is 4.98 Å². The van der Waals surface area contributed by atoms with Crippen LogP contribution in [0.5, 0.6) is 0 Å². The maximum Gasteiger partial charge on any atom is 0.290 e. The van der Waals surface area contributed by atoms with Gasteiger partial charge in [0.25, 0.3) is 17.9 Å². The third-order valence-electron chi connectivity index (χ3n) is 5.49. The molecule has 2 N–H and O–H groups in total. The van der Waals surface area contributed by atoms with Gasteiger partial charge in [-0.15, -0.1) is 11.3 Å². The molecule has 2 aliphatic rings. The number of morpholine rings is 1. The van der Waals surface area contributed by atoms with Crippen LogP contribution in [0, 0.1) is 5.92 Å². The number of carbonyl (C=O) groups excluding carboxylic acids is 2. The van der Waals surface area contributed by atoms with Crippen molar-refractivity contribution in [2.24, 2.45) is 5.92 Å². The summed E-state index contributed by atoms with van der Waals surface area (Å²) >= 11 is 1.31. The summed E-state index contributed by atoms with van der Waals surface area (Å²) in [5.41, 5.74) is -0.455. The zero-order chi connectivity index (χ0) is 23.4. The van der Waals surface area contributed by atoms with Crippen LogP contribution in [0.1, 0.15) is 30.6 Å². The number of carbonyl (C=O) groups is 3. The van der Waals surface area contributed by atoms with Gasteiger partial charge in [-0.05, 0) is 20.3 Å². The van der Waals surface area contributed by atoms with E-state index in [0.29, 0.717) is 18.1 Å². The number of rotatable bonds is 2. The Hall–Kier alpha value is -2.83. The van der Waals surface area contributed by atoms with Crippen molar-refractivity contribution in [3.05, 3.63) is 33.7 Å². The average molecular weight is 467 g/mol. The van der Waals surface area contributed by atoms with Gasteiger partial charge in [-0.2, -0.15) is 0 Å². The second kappa shape index (κ2) is 10.2. The number of aliphatic hydroxyl groups is 1. The Labute approximate surface area is 187 Å². The predicted octanol–water partition coefficient (Wildman–Crippen LogP) is -0.0844. The Morgan fingerprint density at radius 3 is 2.53 bits per heavy atom. The Balaban J connectivity index is 0.000000913. The third-order valence-corrected chi connectivity index (χ3v) is 6.26. The van der Waals surface area contributed by atoms with Gasteiger partial charge in [0.1, 0.15) is 5.56 Å². The Morgan fingerprint density at radius 2 is 1.88 bits per heavy atom. The second-order valence-electron chi connectivity index (χ2n) is 7.85. The van der Waals surface area contributed by atoms with E-state index in [9.17, 15) is 19.5 Å². The number of hydrogen-bond acceptors (Lipinski definition) is 8. The number of amides is 2. The summed E-state index contributed by atoms with van der Waals surface area (Å²) in [6, 6.07) is 0. The average Bonchev–Trinajstić information content (AvgIpc) is 3.23. The smallest absolute Gasteiger partial charge is 0.290 e. The van der Waals surface area contributed by atoms with Crippen LogP contribution in [0.3, 0.4) is 0 Å². The van der Waals surface area contributed by atoms with E-state index in [1.165, 1.54) is 26.8 Å². The number of fused-ring (bicyclic) bond motifs is 1. The number of nitrogens with zero attached hydrogens (tertiary/aromatic N) is 4. The summed E-state index contributed by atoms with van der Waals surface area (Å²) in [5, 5.41) is 19.1. The lowest BCUT2D eigenvalue weighted by Crippen LogP contribution is -2.56. The maximum absolute atomic E-state index is 13.1. The van der Waals surface area contributed by atoms with Crippen LogP contribution < -0.4 is 5.56 Å². The molecule has 11 nitrogen and oxygen atoms in total. The molecule has 4 heterocycles. The minimum absolute atomic E-state index is 0.0305. The summed E-state index contributed by atoms with van der Waals surface area (Å²) in [7, 11) is 0. The molecule has 174 valence electrons. The first-order valence-electron chi connectivity index (χ1n) is 10.2. The highest BCUT2D eigenvalue weighted by Crippen LogP contribution is 2.23. The monoisotopic (exact) mass is 466 g/mol. The summed E-state index contributed by atoms with van der Waals surface area (Å²) in [6.45, 7) is 4.84. The first-order valence-corrected chi connectivity index (χ1v) is 11.1. The molecule has 2 fully saturated rings. The molecule has 12 heteroatoms. The molecule has 2 aromatic rings. The molecule has 0 spiro atoms. The molecule has 2 aromatic heterocycles. The zero-order valence-corrected chi connectivity index (χ0v) is 18.6. The molecule has 4 atom stereocenters. The van der Waals surface area contributed by atoms with Crippen molar-refractivity contribution in [1.29, 1.82) is 0 Å². The number of thiazole rings is 1. The fourth-order valence-corrected chi connectivity index (χ4v) is 4.78. The maximum atomic E-state index is 13.1. The highest BCUT2D eigenvalue weighted by molar-refractivity contribution is 7.15. The van der Waals surface area contributed by atoms with Crippen molar-refractivity contribution in [2.75, 3.05) is 26.2 Å². The van der Waals surface area contributed by atoms with E-state index < -0.39 is 23.5 Å². The van der Waals surface area contributed by atoms with Gasteiger partial charge in [-0.25, -0.2) is 4.98 Å². The number of hydrogen-bond donors (Lipinski definition) is 2. The van der Waals surface area contributed by atoms with Gasteiger partial charge in [0.15, 0.2) is 4.96 Å². The minimum atomic E-state index is -0.821. The lowest BCUT2D eigenvalue weighted by atomic mass is 9.92. The van der Waals surface area contributed by atoms with Crippen LogP contribution in [0.2, 0.25) is 0 Å². The molecule has 2 saturated heterocycles. The molecule has 0 unspecified atom stereocenters. The fraction of sp³-hybridized carbons (Fsp3) is 0.550. The van der Waals surface area contributed by atoms with Gasteiger partial charge in [0.05, 0.1) is 24.2 Å². The van der Waals surface area contributed by atoms with Crippen LogP contribution in [0.4, 0.5) is 0 Å². The van der Waals surface area contributed by atoms with Crippen LogP contribution >= 0.6 is 11.3 Å². The lowest BCUT2D eigenvalue weighted by molar-refractivity contribution is -0.153. The van der Waals surface area contributed by atoms with E-state index in [4.69, 9.17) is 14.6 Å². The highest BCUT2D eigenvalue weighted by atomic mass is 32.1. The molecule has 0 radical (unpaired) electrons. The minimum Gasteiger partial charge on any atom is -0.483 e. The lowest BCUT2D eigenvalue weighted by Gasteiger charge is -2.41. The SMILES string of the molecule is C[C@@H]1CN(C(=O)[C@H]2CN(C(=O)c3cnc4sccn4c3=O)CC[C@H]2O)C[C@H](C)O1.O=CO. The van der Waals surface area contributed by atoms with Crippen molar-refractivity contribution in [3.63, 3.8) is 0 Å². The fourth-order valence-electron chi connectivity index (χ4n) is 4.10. The molecule has 2 amide bonds. The molecule has 0 aromatic carbocycles. The van der Waals surface area contributed by atoms with E-state index in [-0.39, 0.29) is 49.7 Å². The molecule has 0 saturated carbocycles. The molecular weight excluding hydrogens is 440 g/mol. The molecule has 4 rings (SSSR count). The quantitative estimate of drug-likeness (QED) is 0.585. The predicted molar refractivity (Wildman–Crippen MR) is 115 cm³/mol. The van der Waals surface area contributed by atoms with Crippen molar-refractivity contribution in [2.45, 2.75) is 38.6 Å². The van der Waals surface area contributed by atoms with Gasteiger partial charge in [0.2, 0.25) is 5.91 Å². The number of likely N-dealkylation sites (tertiary alicyclic amines) is 1. The van der Waals surface area contributed by atoms with Gasteiger partial charge >= 0.3 is 0 Å². The van der Waals surface area contributed by atoms with Crippen molar-refractivity contribution < 1.29 is 29.3 Å². The van der Waals surface area contributed by atoms with Crippen molar-refractivity contribution >= 4 is 34.6 Å². The van der Waals surface area contributed by atoms with E-state index >= 15 is 0 Å². The van der Waals surface area contributed by atoms with Crippen molar-refractivity contribution in [1.82, 2.24) is 19.2 Å². The van der Waals surface area contributed by atoms with Crippen LogP contribution in [0.15, 0.2) is 22.6 Å². The Kier molecular flexibility index (Phi) is 7.59. The Bertz CT molecular complexity index is 1030. The summed E-state index contributed by atoms with van der Waals surface area (Å²) in [4.78, 5) is 54.9. The molecule has 2 aliphatic heterocycles. The van der Waals surface area contributed by atoms with Crippen LogP contribution in [0.25, 0.3) is 4.96 Å². The number of aromatic nitrogens is 2. The van der Waals surface area contributed by atoms with E-state index in [1.807, 2.05) is 13.8 Å². The number of carboxylic acid groups (broad SMARTS) is 1. The van der Waals surface area contributed by atoms with E-state index in [1.54, 1.807) is 16.5 Å². The second-order valence-corrected chi connectivity index (χ2v) is 8.73. The largest absolute Gasteiger partial charge is 0.483 e. The zero-order valence-electron chi connectivity index (χ0n) is 17.8. The van der Waals surface area contributed by atoms with Gasteiger partial charge in [-0.3, -0.25) is 23.6 Å². The topological polar surface area (TPSA) is 142 Å². The first kappa shape index (κ1) is 23.8. The standard InChI is InChI=1S/C19H24N4O5S.CH2O2/c1-11-8-22(9-12(2)28-11)17(26)14-10-21(4-3-15(14)24)16(25)13-7-20-19-23(18(13)27)5-6-29-19;2-1-3/h5-7,11-12,14-15,24H,3-4,8-10H2,1-2H3;1H,(H,2,3)/t11-,12+,14-,15+;/m0./s1. The summed E-state index contributed by atoms with van der Waals surface area (Å²) < 4.78 is 7.02. The number of ether oxygens (including phenoxy) is 1. The number of piperidine rings is 1. The van der Waals surface area contributed by atoms with Gasteiger partial charge in [0, 0.05) is 44.0 Å². The summed E-state index contributed by atoms with van der Waals surface area (Å²) in [5.74, 6) is -1.36. The molecule has 32 heavy (non-hydrogen) atoms. The molecular formula is C20H26N4O7S. The summed E-state index contributed by atoms with van der Waals surface area (Å²) in [6.07, 6.45) is 2.18. The molecule has 0 bridgehead atoms. The van der Waals surface area contributed by atoms with E-state index in [0.717, 1.165) is 0 Å². The number of aliphatic hydroxyl groups excluding tert-OH is 1. The molecule has 0 aliphatic carbocycles. The third kappa shape index (κ3) is 4.97. The van der Waals surface area contributed by atoms with Crippen LogP contribution in [-0.4, -0.2) is 92.2 Å². The van der Waals surface area contributed by atoms with Crippen LogP contribution in [-0.2, 0) is 14.3 Å².